The van der Waals surface area contributed by atoms with E-state index in [1.54, 1.807) is 30.3 Å². The smallest absolute Gasteiger partial charge is 0.419 e. The second-order valence-corrected chi connectivity index (χ2v) is 8.44. The summed E-state index contributed by atoms with van der Waals surface area (Å²) in [4.78, 5) is 24.2. The van der Waals surface area contributed by atoms with Crippen molar-refractivity contribution in [3.63, 3.8) is 0 Å². The topological polar surface area (TPSA) is 91.2 Å². The zero-order valence-corrected chi connectivity index (χ0v) is 17.6. The fourth-order valence-corrected chi connectivity index (χ4v) is 3.66. The number of carbonyl (C=O) groups is 2. The van der Waals surface area contributed by atoms with Gasteiger partial charge in [-0.15, -0.1) is 0 Å². The van der Waals surface area contributed by atoms with Crippen LogP contribution >= 0.6 is 0 Å². The highest BCUT2D eigenvalue weighted by atomic mass is 19.4. The molecule has 2 aliphatic rings. The van der Waals surface area contributed by atoms with Crippen molar-refractivity contribution in [1.82, 2.24) is 10.6 Å². The minimum atomic E-state index is -5.19. The lowest BCUT2D eigenvalue weighted by molar-refractivity contribution is -0.189. The van der Waals surface area contributed by atoms with E-state index in [1.165, 1.54) is 25.0 Å². The molecular formula is C24H22F3N3O3. The van der Waals surface area contributed by atoms with Crippen LogP contribution in [0.4, 0.5) is 13.2 Å². The Labute approximate surface area is 188 Å². The number of nitriles is 1. The molecule has 2 N–H and O–H groups in total. The van der Waals surface area contributed by atoms with Crippen LogP contribution in [0.5, 0.6) is 5.75 Å². The van der Waals surface area contributed by atoms with E-state index < -0.39 is 23.8 Å². The van der Waals surface area contributed by atoms with Crippen LogP contribution in [0.25, 0.3) is 0 Å². The van der Waals surface area contributed by atoms with Crippen LogP contribution in [0, 0.1) is 17.2 Å². The molecule has 0 radical (unpaired) electrons. The van der Waals surface area contributed by atoms with Gasteiger partial charge in [-0.25, -0.2) is 4.79 Å². The Morgan fingerprint density at radius 3 is 2.64 bits per heavy atom. The van der Waals surface area contributed by atoms with Gasteiger partial charge in [0.2, 0.25) is 0 Å². The Bertz CT molecular complexity index is 1110. The number of ether oxygens (including phenoxy) is 1. The molecule has 9 heteroatoms. The van der Waals surface area contributed by atoms with Crippen molar-refractivity contribution in [2.75, 3.05) is 6.54 Å². The van der Waals surface area contributed by atoms with Gasteiger partial charge in [-0.05, 0) is 67.1 Å². The molecule has 0 aromatic heterocycles. The highest BCUT2D eigenvalue weighted by molar-refractivity contribution is 5.98. The van der Waals surface area contributed by atoms with E-state index in [9.17, 15) is 22.8 Å². The van der Waals surface area contributed by atoms with Crippen LogP contribution < -0.4 is 15.4 Å². The van der Waals surface area contributed by atoms with E-state index in [4.69, 9.17) is 5.26 Å². The lowest BCUT2D eigenvalue weighted by Gasteiger charge is -2.14. The fraction of sp³-hybridized carbons (Fsp3) is 0.375. The third-order valence-electron chi connectivity index (χ3n) is 5.78. The lowest BCUT2D eigenvalue weighted by atomic mass is 10.1. The maximum atomic E-state index is 12.8. The molecule has 2 aromatic rings. The third-order valence-corrected chi connectivity index (χ3v) is 5.78. The predicted molar refractivity (Wildman–Crippen MR) is 112 cm³/mol. The number of hydrogen-bond acceptors (Lipinski definition) is 5. The van der Waals surface area contributed by atoms with E-state index in [2.05, 4.69) is 15.4 Å². The predicted octanol–water partition coefficient (Wildman–Crippen LogP) is 3.81. The number of esters is 1. The van der Waals surface area contributed by atoms with Gasteiger partial charge in [0.05, 0.1) is 17.2 Å². The first-order valence-electron chi connectivity index (χ1n) is 10.7. The molecule has 2 aliphatic carbocycles. The zero-order valence-electron chi connectivity index (χ0n) is 17.6. The zero-order chi connectivity index (χ0) is 23.6. The molecule has 0 bridgehead atoms. The summed E-state index contributed by atoms with van der Waals surface area (Å²) in [5, 5.41) is 15.0. The van der Waals surface area contributed by atoms with E-state index >= 15 is 0 Å². The minimum absolute atomic E-state index is 0.0541. The largest absolute Gasteiger partial charge is 0.491 e. The Hall–Kier alpha value is -3.38. The van der Waals surface area contributed by atoms with E-state index in [-0.39, 0.29) is 24.1 Å². The summed E-state index contributed by atoms with van der Waals surface area (Å²) in [6, 6.07) is 13.2. The lowest BCUT2D eigenvalue weighted by Crippen LogP contribution is -2.30. The quantitative estimate of drug-likeness (QED) is 0.465. The van der Waals surface area contributed by atoms with Gasteiger partial charge >= 0.3 is 12.1 Å². The minimum Gasteiger partial charge on any atom is -0.419 e. The van der Waals surface area contributed by atoms with Crippen LogP contribution in [0.2, 0.25) is 0 Å². The van der Waals surface area contributed by atoms with Crippen LogP contribution in [-0.4, -0.2) is 30.6 Å². The first-order valence-corrected chi connectivity index (χ1v) is 10.7. The van der Waals surface area contributed by atoms with E-state index in [0.717, 1.165) is 13.0 Å². The molecule has 2 aromatic carbocycles. The molecule has 2 atom stereocenters. The van der Waals surface area contributed by atoms with Crippen molar-refractivity contribution in [2.45, 2.75) is 43.9 Å². The molecule has 1 amide bonds. The number of halogens is 3. The first-order chi connectivity index (χ1) is 15.7. The summed E-state index contributed by atoms with van der Waals surface area (Å²) in [7, 11) is 0. The van der Waals surface area contributed by atoms with Gasteiger partial charge in [0, 0.05) is 18.5 Å². The number of carbonyl (C=O) groups excluding carboxylic acids is 2. The number of amides is 1. The Kier molecular flexibility index (Phi) is 6.38. The monoisotopic (exact) mass is 457 g/mol. The van der Waals surface area contributed by atoms with Crippen molar-refractivity contribution in [2.24, 2.45) is 5.92 Å². The first kappa shape index (κ1) is 22.8. The molecule has 2 unspecified atom stereocenters. The Morgan fingerprint density at radius 1 is 1.15 bits per heavy atom. The van der Waals surface area contributed by atoms with Crippen molar-refractivity contribution in [1.29, 1.82) is 5.26 Å². The van der Waals surface area contributed by atoms with Crippen LogP contribution in [0.1, 0.15) is 52.2 Å². The number of benzene rings is 2. The van der Waals surface area contributed by atoms with Crippen LogP contribution in [-0.2, 0) is 11.3 Å². The maximum Gasteiger partial charge on any atom is 0.491 e. The summed E-state index contributed by atoms with van der Waals surface area (Å²) in [6.07, 6.45) is -1.92. The average molecular weight is 457 g/mol. The molecule has 4 rings (SSSR count). The van der Waals surface area contributed by atoms with Crippen molar-refractivity contribution in [3.05, 3.63) is 64.7 Å². The third kappa shape index (κ3) is 5.90. The SMILES string of the molecule is N#Cc1cccc(CNC(=O)c2ccc(C3CC3NCC3CC3)cc2OC(=O)C(F)(F)F)c1. The van der Waals surface area contributed by atoms with Crippen LogP contribution in [0.15, 0.2) is 42.5 Å². The van der Waals surface area contributed by atoms with Gasteiger partial charge < -0.3 is 15.4 Å². The molecule has 33 heavy (non-hydrogen) atoms. The van der Waals surface area contributed by atoms with E-state index in [0.29, 0.717) is 22.6 Å². The van der Waals surface area contributed by atoms with Crippen molar-refractivity contribution >= 4 is 11.9 Å². The van der Waals surface area contributed by atoms with Gasteiger partial charge in [-0.2, -0.15) is 18.4 Å². The standard InChI is InChI=1S/C24H22F3N3O3/c25-24(26,27)23(32)33-21-9-17(19-10-20(19)29-12-14-4-5-14)6-7-18(21)22(31)30-13-16-3-1-2-15(8-16)11-28/h1-3,6-9,14,19-20,29H,4-5,10,12-13H2,(H,30,31). The van der Waals surface area contributed by atoms with Gasteiger partial charge in [0.25, 0.3) is 5.91 Å². The highest BCUT2D eigenvalue weighted by Gasteiger charge is 2.43. The molecule has 2 saturated carbocycles. The van der Waals surface area contributed by atoms with E-state index in [1.807, 2.05) is 6.07 Å². The summed E-state index contributed by atoms with van der Waals surface area (Å²) in [5.41, 5.74) is 1.61. The molecule has 2 fully saturated rings. The fourth-order valence-electron chi connectivity index (χ4n) is 3.66. The van der Waals surface area contributed by atoms with Crippen molar-refractivity contribution in [3.8, 4) is 11.8 Å². The molecule has 0 heterocycles. The highest BCUT2D eigenvalue weighted by Crippen LogP contribution is 2.43. The van der Waals surface area contributed by atoms with Gasteiger partial charge in [0.15, 0.2) is 0 Å². The number of alkyl halides is 3. The van der Waals surface area contributed by atoms with Gasteiger partial charge in [-0.3, -0.25) is 4.79 Å². The second-order valence-electron chi connectivity index (χ2n) is 8.44. The van der Waals surface area contributed by atoms with Crippen LogP contribution in [0.3, 0.4) is 0 Å². The second kappa shape index (κ2) is 9.24. The Balaban J connectivity index is 1.49. The summed E-state index contributed by atoms with van der Waals surface area (Å²) in [6.45, 7) is 0.975. The number of rotatable bonds is 8. The summed E-state index contributed by atoms with van der Waals surface area (Å²) in [5.74, 6) is -2.69. The summed E-state index contributed by atoms with van der Waals surface area (Å²) < 4.78 is 43.0. The molecule has 172 valence electrons. The van der Waals surface area contributed by atoms with Gasteiger partial charge in [0.1, 0.15) is 5.75 Å². The molecule has 0 aliphatic heterocycles. The number of nitrogens with zero attached hydrogens (tertiary/aromatic N) is 1. The normalized spacial score (nSPS) is 19.5. The maximum absolute atomic E-state index is 12.8. The average Bonchev–Trinajstić information content (AvgIpc) is 3.70. The summed E-state index contributed by atoms with van der Waals surface area (Å²) >= 11 is 0. The molecule has 0 spiro atoms. The number of nitrogens with one attached hydrogen (secondary N) is 2. The molecule has 0 saturated heterocycles. The van der Waals surface area contributed by atoms with Crippen molar-refractivity contribution < 1.29 is 27.5 Å². The van der Waals surface area contributed by atoms with Gasteiger partial charge in [-0.1, -0.05) is 18.2 Å². The number of hydrogen-bond donors (Lipinski definition) is 2. The Morgan fingerprint density at radius 2 is 1.94 bits per heavy atom. The molecular weight excluding hydrogens is 435 g/mol. The molecule has 6 nitrogen and oxygen atoms in total.